The van der Waals surface area contributed by atoms with Gasteiger partial charge in [-0.05, 0) is 21.8 Å². The molecule has 0 saturated carbocycles. The maximum Gasteiger partial charge on any atom is 0.319 e. The van der Waals surface area contributed by atoms with Gasteiger partial charge < -0.3 is 20.1 Å². The molecule has 0 atom stereocenters. The number of nitrogens with one attached hydrogen (secondary N) is 2. The standard InChI is InChI=1S/C13H19BrN2O3/c1-8(2)7-15-13(17)16-10-6-12(19-4)11(18-3)5-9(10)14/h5-6,8H,7H2,1-4H3,(H2,15,16,17). The quantitative estimate of drug-likeness (QED) is 0.871. The smallest absolute Gasteiger partial charge is 0.319 e. The predicted octanol–water partition coefficient (Wildman–Crippen LogP) is 3.24. The first-order valence-corrected chi connectivity index (χ1v) is 6.73. The highest BCUT2D eigenvalue weighted by atomic mass is 79.9. The molecule has 0 aliphatic carbocycles. The zero-order chi connectivity index (χ0) is 14.4. The molecule has 1 aromatic carbocycles. The molecule has 0 fully saturated rings. The Hall–Kier alpha value is -1.43. The number of methoxy groups -OCH3 is 2. The highest BCUT2D eigenvalue weighted by Crippen LogP contribution is 2.36. The molecule has 0 unspecified atom stereocenters. The lowest BCUT2D eigenvalue weighted by Gasteiger charge is -2.14. The van der Waals surface area contributed by atoms with Gasteiger partial charge in [0.1, 0.15) is 0 Å². The molecule has 2 N–H and O–H groups in total. The Balaban J connectivity index is 2.80. The lowest BCUT2D eigenvalue weighted by molar-refractivity contribution is 0.251. The highest BCUT2D eigenvalue weighted by Gasteiger charge is 2.11. The molecule has 0 aliphatic rings. The Morgan fingerprint density at radius 2 is 1.84 bits per heavy atom. The number of anilines is 1. The van der Waals surface area contributed by atoms with E-state index in [1.165, 1.54) is 0 Å². The zero-order valence-electron chi connectivity index (χ0n) is 11.5. The second-order valence-corrected chi connectivity index (χ2v) is 5.27. The van der Waals surface area contributed by atoms with Gasteiger partial charge in [-0.2, -0.15) is 0 Å². The van der Waals surface area contributed by atoms with E-state index in [2.05, 4.69) is 26.6 Å². The molecule has 0 saturated heterocycles. The molecule has 0 aliphatic heterocycles. The third kappa shape index (κ3) is 4.63. The predicted molar refractivity (Wildman–Crippen MR) is 79.1 cm³/mol. The molecule has 0 heterocycles. The fourth-order valence-corrected chi connectivity index (χ4v) is 1.83. The number of ether oxygens (including phenoxy) is 2. The Bertz CT molecular complexity index is 450. The second-order valence-electron chi connectivity index (χ2n) is 4.42. The van der Waals surface area contributed by atoms with Crippen LogP contribution in [-0.2, 0) is 0 Å². The van der Waals surface area contributed by atoms with Gasteiger partial charge in [0, 0.05) is 23.2 Å². The first-order valence-electron chi connectivity index (χ1n) is 5.94. The van der Waals surface area contributed by atoms with Crippen LogP contribution in [0.3, 0.4) is 0 Å². The maximum atomic E-state index is 11.7. The molecule has 1 rings (SSSR count). The number of benzene rings is 1. The second kappa shape index (κ2) is 7.23. The van der Waals surface area contributed by atoms with E-state index in [0.717, 1.165) is 4.47 Å². The van der Waals surface area contributed by atoms with Crippen LogP contribution in [0.25, 0.3) is 0 Å². The largest absolute Gasteiger partial charge is 0.493 e. The van der Waals surface area contributed by atoms with Crippen LogP contribution in [0.1, 0.15) is 13.8 Å². The molecule has 0 bridgehead atoms. The van der Waals surface area contributed by atoms with Crippen molar-refractivity contribution in [1.82, 2.24) is 5.32 Å². The van der Waals surface area contributed by atoms with Gasteiger partial charge in [-0.15, -0.1) is 0 Å². The van der Waals surface area contributed by atoms with Crippen molar-refractivity contribution in [2.24, 2.45) is 5.92 Å². The van der Waals surface area contributed by atoms with Crippen LogP contribution in [0.15, 0.2) is 16.6 Å². The molecular weight excluding hydrogens is 312 g/mol. The van der Waals surface area contributed by atoms with Crippen LogP contribution in [-0.4, -0.2) is 26.8 Å². The van der Waals surface area contributed by atoms with Crippen molar-refractivity contribution in [2.45, 2.75) is 13.8 Å². The molecule has 2 amide bonds. The van der Waals surface area contributed by atoms with Gasteiger partial charge in [-0.25, -0.2) is 4.79 Å². The van der Waals surface area contributed by atoms with E-state index in [-0.39, 0.29) is 6.03 Å². The van der Waals surface area contributed by atoms with E-state index in [4.69, 9.17) is 9.47 Å². The van der Waals surface area contributed by atoms with E-state index in [1.54, 1.807) is 26.4 Å². The summed E-state index contributed by atoms with van der Waals surface area (Å²) in [6.45, 7) is 4.69. The van der Waals surface area contributed by atoms with E-state index in [0.29, 0.717) is 29.6 Å². The number of hydrogen-bond acceptors (Lipinski definition) is 3. The van der Waals surface area contributed by atoms with Crippen molar-refractivity contribution in [1.29, 1.82) is 0 Å². The summed E-state index contributed by atoms with van der Waals surface area (Å²) in [6, 6.07) is 3.20. The van der Waals surface area contributed by atoms with Crippen molar-refractivity contribution in [3.05, 3.63) is 16.6 Å². The van der Waals surface area contributed by atoms with Gasteiger partial charge in [0.15, 0.2) is 11.5 Å². The van der Waals surface area contributed by atoms with Gasteiger partial charge in [0.05, 0.1) is 19.9 Å². The van der Waals surface area contributed by atoms with Crippen LogP contribution in [0.4, 0.5) is 10.5 Å². The van der Waals surface area contributed by atoms with Gasteiger partial charge >= 0.3 is 6.03 Å². The number of amides is 2. The number of carbonyl (C=O) groups is 1. The van der Waals surface area contributed by atoms with Crippen molar-refractivity contribution in [2.75, 3.05) is 26.1 Å². The summed E-state index contributed by atoms with van der Waals surface area (Å²) in [5.41, 5.74) is 0.624. The van der Waals surface area contributed by atoms with Crippen LogP contribution >= 0.6 is 15.9 Å². The van der Waals surface area contributed by atoms with Crippen molar-refractivity contribution >= 4 is 27.6 Å². The molecule has 106 valence electrons. The fourth-order valence-electron chi connectivity index (χ4n) is 1.41. The maximum absolute atomic E-state index is 11.7. The third-order valence-electron chi connectivity index (χ3n) is 2.39. The molecule has 5 nitrogen and oxygen atoms in total. The minimum Gasteiger partial charge on any atom is -0.493 e. The van der Waals surface area contributed by atoms with Crippen LogP contribution in [0, 0.1) is 5.92 Å². The summed E-state index contributed by atoms with van der Waals surface area (Å²) in [4.78, 5) is 11.7. The normalized spacial score (nSPS) is 10.2. The Labute approximate surface area is 121 Å². The van der Waals surface area contributed by atoms with Crippen LogP contribution < -0.4 is 20.1 Å². The van der Waals surface area contributed by atoms with Crippen molar-refractivity contribution in [3.8, 4) is 11.5 Å². The van der Waals surface area contributed by atoms with Crippen LogP contribution in [0.2, 0.25) is 0 Å². The highest BCUT2D eigenvalue weighted by molar-refractivity contribution is 9.10. The average Bonchev–Trinajstić information content (AvgIpc) is 2.38. The number of carbonyl (C=O) groups excluding carboxylic acids is 1. The molecule has 6 heteroatoms. The molecule has 0 aromatic heterocycles. The molecular formula is C13H19BrN2O3. The topological polar surface area (TPSA) is 59.6 Å². The first kappa shape index (κ1) is 15.6. The molecule has 1 aromatic rings. The van der Waals surface area contributed by atoms with Gasteiger partial charge in [0.25, 0.3) is 0 Å². The summed E-state index contributed by atoms with van der Waals surface area (Å²) in [5.74, 6) is 1.56. The Kier molecular flexibility index (Phi) is 5.95. The van der Waals surface area contributed by atoms with Crippen LogP contribution in [0.5, 0.6) is 11.5 Å². The number of halogens is 1. The van der Waals surface area contributed by atoms with Crippen molar-refractivity contribution < 1.29 is 14.3 Å². The average molecular weight is 331 g/mol. The lowest BCUT2D eigenvalue weighted by Crippen LogP contribution is -2.31. The van der Waals surface area contributed by atoms with Gasteiger partial charge in [-0.3, -0.25) is 0 Å². The monoisotopic (exact) mass is 330 g/mol. The third-order valence-corrected chi connectivity index (χ3v) is 3.05. The van der Waals surface area contributed by atoms with E-state index < -0.39 is 0 Å². The Morgan fingerprint density at radius 3 is 2.37 bits per heavy atom. The molecule has 19 heavy (non-hydrogen) atoms. The molecule has 0 radical (unpaired) electrons. The summed E-state index contributed by atoms with van der Waals surface area (Å²) in [6.07, 6.45) is 0. The summed E-state index contributed by atoms with van der Waals surface area (Å²) < 4.78 is 11.1. The Morgan fingerprint density at radius 1 is 1.26 bits per heavy atom. The minimum atomic E-state index is -0.249. The summed E-state index contributed by atoms with van der Waals surface area (Å²) in [7, 11) is 3.11. The van der Waals surface area contributed by atoms with E-state index in [1.807, 2.05) is 13.8 Å². The minimum absolute atomic E-state index is 0.249. The van der Waals surface area contributed by atoms with E-state index in [9.17, 15) is 4.79 Å². The zero-order valence-corrected chi connectivity index (χ0v) is 13.1. The number of hydrogen-bond donors (Lipinski definition) is 2. The SMILES string of the molecule is COc1cc(Br)c(NC(=O)NCC(C)C)cc1OC. The number of rotatable bonds is 5. The van der Waals surface area contributed by atoms with Gasteiger partial charge in [-0.1, -0.05) is 13.8 Å². The summed E-state index contributed by atoms with van der Waals surface area (Å²) in [5, 5.41) is 5.54. The fraction of sp³-hybridized carbons (Fsp3) is 0.462. The number of urea groups is 1. The van der Waals surface area contributed by atoms with E-state index >= 15 is 0 Å². The van der Waals surface area contributed by atoms with Gasteiger partial charge in [0.2, 0.25) is 0 Å². The lowest BCUT2D eigenvalue weighted by atomic mass is 10.2. The first-order chi connectivity index (χ1) is 8.97. The van der Waals surface area contributed by atoms with Crippen molar-refractivity contribution in [3.63, 3.8) is 0 Å². The summed E-state index contributed by atoms with van der Waals surface area (Å²) >= 11 is 3.38. The molecule has 0 spiro atoms.